The Morgan fingerprint density at radius 3 is 0.863 bits per heavy atom. The second kappa shape index (κ2) is 60.6. The van der Waals surface area contributed by atoms with E-state index >= 15 is 0 Å². The van der Waals surface area contributed by atoms with Crippen LogP contribution in [0.25, 0.3) is 0 Å². The van der Waals surface area contributed by atoms with Gasteiger partial charge in [0.25, 0.3) is 0 Å². The van der Waals surface area contributed by atoms with Crippen molar-refractivity contribution >= 4 is 17.9 Å². The standard InChI is InChI=1S/C67H112O6/c1-4-7-10-13-16-18-20-22-24-26-28-29-30-31-32-33-34-35-36-37-39-40-42-44-46-48-51-54-57-60-66(69)72-63-64(62-71-65(68)59-56-53-50-15-12-9-6-3)73-67(70)61-58-55-52-49-47-45-43-41-38-27-25-23-21-19-17-14-11-8-5-2/h7,10,16-19,22-25,28-29,31-32,34-35,38,41,64H,4-6,8-9,11-15,20-21,26-27,30,33,36-37,39-40,42-63H2,1-3H3/b10-7-,18-16-,19-17-,24-22-,25-23-,29-28-,32-31-,35-34-,41-38-. The van der Waals surface area contributed by atoms with Crippen molar-refractivity contribution in [3.63, 3.8) is 0 Å². The zero-order valence-electron chi connectivity index (χ0n) is 47.6. The van der Waals surface area contributed by atoms with Crippen LogP contribution in [-0.4, -0.2) is 37.2 Å². The van der Waals surface area contributed by atoms with Gasteiger partial charge in [-0.2, -0.15) is 0 Å². The summed E-state index contributed by atoms with van der Waals surface area (Å²) < 4.78 is 16.8. The molecule has 0 aliphatic carbocycles. The van der Waals surface area contributed by atoms with Crippen LogP contribution in [0.4, 0.5) is 0 Å². The third-order valence-corrected chi connectivity index (χ3v) is 12.8. The van der Waals surface area contributed by atoms with Gasteiger partial charge in [0.1, 0.15) is 13.2 Å². The number of esters is 3. The molecule has 0 heterocycles. The maximum atomic E-state index is 12.8. The first-order valence-corrected chi connectivity index (χ1v) is 30.4. The molecule has 0 saturated carbocycles. The molecule has 0 aliphatic rings. The molecule has 0 spiro atoms. The lowest BCUT2D eigenvalue weighted by atomic mass is 10.1. The molecular formula is C67H112O6. The van der Waals surface area contributed by atoms with Gasteiger partial charge in [0, 0.05) is 19.3 Å². The molecule has 6 heteroatoms. The summed E-state index contributed by atoms with van der Waals surface area (Å²) in [6.45, 7) is 6.45. The van der Waals surface area contributed by atoms with Crippen LogP contribution in [0.1, 0.15) is 278 Å². The van der Waals surface area contributed by atoms with E-state index in [0.29, 0.717) is 19.3 Å². The Kier molecular flexibility index (Phi) is 57.4. The molecule has 0 rings (SSSR count). The van der Waals surface area contributed by atoms with Crippen molar-refractivity contribution in [2.75, 3.05) is 13.2 Å². The second-order valence-electron chi connectivity index (χ2n) is 19.9. The minimum absolute atomic E-state index is 0.0842. The zero-order valence-corrected chi connectivity index (χ0v) is 47.6. The number of carbonyl (C=O) groups is 3. The lowest BCUT2D eigenvalue weighted by Crippen LogP contribution is -2.30. The number of hydrogen-bond donors (Lipinski definition) is 0. The van der Waals surface area contributed by atoms with Gasteiger partial charge < -0.3 is 14.2 Å². The molecule has 1 atom stereocenters. The van der Waals surface area contributed by atoms with Crippen molar-refractivity contribution < 1.29 is 28.6 Å². The molecule has 73 heavy (non-hydrogen) atoms. The Hall–Kier alpha value is -3.93. The molecule has 0 saturated heterocycles. The summed E-state index contributed by atoms with van der Waals surface area (Å²) >= 11 is 0. The van der Waals surface area contributed by atoms with Gasteiger partial charge in [-0.15, -0.1) is 0 Å². The van der Waals surface area contributed by atoms with Crippen LogP contribution in [0.2, 0.25) is 0 Å². The van der Waals surface area contributed by atoms with Crippen molar-refractivity contribution in [3.8, 4) is 0 Å². The Morgan fingerprint density at radius 1 is 0.288 bits per heavy atom. The number of unbranched alkanes of at least 4 members (excludes halogenated alkanes) is 25. The Balaban J connectivity index is 4.18. The minimum Gasteiger partial charge on any atom is -0.462 e. The predicted octanol–water partition coefficient (Wildman–Crippen LogP) is 20.7. The highest BCUT2D eigenvalue weighted by atomic mass is 16.6. The summed E-state index contributed by atoms with van der Waals surface area (Å²) in [6.07, 6.45) is 82.5. The van der Waals surface area contributed by atoms with Gasteiger partial charge in [-0.3, -0.25) is 14.4 Å². The molecular weight excluding hydrogens is 901 g/mol. The number of hydrogen-bond acceptors (Lipinski definition) is 6. The molecule has 6 nitrogen and oxygen atoms in total. The van der Waals surface area contributed by atoms with E-state index in [2.05, 4.69) is 130 Å². The Morgan fingerprint density at radius 2 is 0.534 bits per heavy atom. The van der Waals surface area contributed by atoms with Gasteiger partial charge in [-0.05, 0) is 109 Å². The average Bonchev–Trinajstić information content (AvgIpc) is 3.39. The van der Waals surface area contributed by atoms with E-state index < -0.39 is 6.10 Å². The quantitative estimate of drug-likeness (QED) is 0.0261. The van der Waals surface area contributed by atoms with Crippen LogP contribution >= 0.6 is 0 Å². The van der Waals surface area contributed by atoms with Gasteiger partial charge in [-0.25, -0.2) is 0 Å². The molecule has 0 aromatic heterocycles. The smallest absolute Gasteiger partial charge is 0.306 e. The van der Waals surface area contributed by atoms with Gasteiger partial charge in [0.15, 0.2) is 6.10 Å². The first-order chi connectivity index (χ1) is 36.0. The van der Waals surface area contributed by atoms with E-state index in [4.69, 9.17) is 14.2 Å². The average molecular weight is 1010 g/mol. The second-order valence-corrected chi connectivity index (χ2v) is 19.9. The fraction of sp³-hybridized carbons (Fsp3) is 0.687. The van der Waals surface area contributed by atoms with E-state index in [1.54, 1.807) is 0 Å². The molecule has 0 radical (unpaired) electrons. The van der Waals surface area contributed by atoms with Crippen molar-refractivity contribution in [2.24, 2.45) is 0 Å². The maximum absolute atomic E-state index is 12.8. The third-order valence-electron chi connectivity index (χ3n) is 12.8. The molecule has 0 aromatic rings. The van der Waals surface area contributed by atoms with Gasteiger partial charge in [-0.1, -0.05) is 259 Å². The first kappa shape index (κ1) is 69.1. The van der Waals surface area contributed by atoms with Crippen molar-refractivity contribution in [1.29, 1.82) is 0 Å². The lowest BCUT2D eigenvalue weighted by Gasteiger charge is -2.18. The highest BCUT2D eigenvalue weighted by molar-refractivity contribution is 5.71. The Bertz CT molecular complexity index is 1490. The molecule has 0 fully saturated rings. The summed E-state index contributed by atoms with van der Waals surface area (Å²) in [5.74, 6) is -0.905. The summed E-state index contributed by atoms with van der Waals surface area (Å²) in [6, 6.07) is 0. The zero-order chi connectivity index (χ0) is 52.9. The van der Waals surface area contributed by atoms with Crippen molar-refractivity contribution in [3.05, 3.63) is 109 Å². The van der Waals surface area contributed by atoms with Crippen LogP contribution in [0.15, 0.2) is 109 Å². The minimum atomic E-state index is -0.785. The first-order valence-electron chi connectivity index (χ1n) is 30.4. The fourth-order valence-electron chi connectivity index (χ4n) is 8.22. The van der Waals surface area contributed by atoms with E-state index in [-0.39, 0.29) is 31.1 Å². The number of ether oxygens (including phenoxy) is 3. The van der Waals surface area contributed by atoms with Gasteiger partial charge in [0.2, 0.25) is 0 Å². The monoisotopic (exact) mass is 1010 g/mol. The fourth-order valence-corrected chi connectivity index (χ4v) is 8.22. The van der Waals surface area contributed by atoms with E-state index in [0.717, 1.165) is 122 Å². The van der Waals surface area contributed by atoms with E-state index in [9.17, 15) is 14.4 Å². The number of allylic oxidation sites excluding steroid dienone is 18. The van der Waals surface area contributed by atoms with Crippen LogP contribution < -0.4 is 0 Å². The topological polar surface area (TPSA) is 78.9 Å². The highest BCUT2D eigenvalue weighted by Gasteiger charge is 2.19. The van der Waals surface area contributed by atoms with Crippen LogP contribution in [-0.2, 0) is 28.6 Å². The summed E-state index contributed by atoms with van der Waals surface area (Å²) in [5, 5.41) is 0. The predicted molar refractivity (Wildman–Crippen MR) is 316 cm³/mol. The summed E-state index contributed by atoms with van der Waals surface area (Å²) in [7, 11) is 0. The molecule has 0 aromatic carbocycles. The SMILES string of the molecule is CC/C=C\C/C=C\C/C=C\C/C=C\C/C=C\C/C=C\CCCCCCCCCCCCC(=O)OCC(COC(=O)CCCCCCCCC)OC(=O)CCCCCCCC/C=C\C/C=C\C/C=C\CCCCC. The maximum Gasteiger partial charge on any atom is 0.306 e. The number of rotatable bonds is 54. The van der Waals surface area contributed by atoms with E-state index in [1.165, 1.54) is 116 Å². The van der Waals surface area contributed by atoms with Crippen molar-refractivity contribution in [2.45, 2.75) is 284 Å². The summed E-state index contributed by atoms with van der Waals surface area (Å²) in [5.41, 5.74) is 0. The van der Waals surface area contributed by atoms with Crippen LogP contribution in [0.3, 0.4) is 0 Å². The van der Waals surface area contributed by atoms with E-state index in [1.807, 2.05) is 0 Å². The molecule has 0 aliphatic heterocycles. The lowest BCUT2D eigenvalue weighted by molar-refractivity contribution is -0.167. The largest absolute Gasteiger partial charge is 0.462 e. The molecule has 0 bridgehead atoms. The normalized spacial score (nSPS) is 12.9. The number of carbonyl (C=O) groups excluding carboxylic acids is 3. The summed E-state index contributed by atoms with van der Waals surface area (Å²) in [4.78, 5) is 38.0. The van der Waals surface area contributed by atoms with Gasteiger partial charge >= 0.3 is 17.9 Å². The molecule has 1 unspecified atom stereocenters. The highest BCUT2D eigenvalue weighted by Crippen LogP contribution is 2.15. The molecule has 416 valence electrons. The van der Waals surface area contributed by atoms with Crippen molar-refractivity contribution in [1.82, 2.24) is 0 Å². The Labute approximate surface area is 450 Å². The molecule has 0 amide bonds. The van der Waals surface area contributed by atoms with Crippen LogP contribution in [0.5, 0.6) is 0 Å². The van der Waals surface area contributed by atoms with Crippen LogP contribution in [0, 0.1) is 0 Å². The molecule has 0 N–H and O–H groups in total. The third kappa shape index (κ3) is 58.8. The van der Waals surface area contributed by atoms with Gasteiger partial charge in [0.05, 0.1) is 0 Å².